The van der Waals surface area contributed by atoms with Gasteiger partial charge in [-0.05, 0) is 47.9 Å². The van der Waals surface area contributed by atoms with Crippen LogP contribution in [0, 0.1) is 6.92 Å². The molecular weight excluding hydrogens is 352 g/mol. The van der Waals surface area contributed by atoms with Crippen molar-refractivity contribution in [2.45, 2.75) is 38.3 Å². The van der Waals surface area contributed by atoms with E-state index >= 15 is 0 Å². The predicted octanol–water partition coefficient (Wildman–Crippen LogP) is 3.03. The molecule has 26 heavy (non-hydrogen) atoms. The second-order valence-corrected chi connectivity index (χ2v) is 6.76. The number of thioether (sulfide) groups is 1. The third-order valence-electron chi connectivity index (χ3n) is 3.66. The zero-order valence-corrected chi connectivity index (χ0v) is 15.5. The first-order chi connectivity index (χ1) is 12.7. The van der Waals surface area contributed by atoms with E-state index in [0.29, 0.717) is 16.7 Å². The molecule has 0 radical (unpaired) electrons. The summed E-state index contributed by atoms with van der Waals surface area (Å²) in [4.78, 5) is 12.0. The number of benzene rings is 1. The van der Waals surface area contributed by atoms with Gasteiger partial charge >= 0.3 is 0 Å². The molecule has 0 saturated carbocycles. The molecule has 0 saturated heterocycles. The highest BCUT2D eigenvalue weighted by molar-refractivity contribution is 7.99. The van der Waals surface area contributed by atoms with E-state index in [0.717, 1.165) is 12.1 Å². The molecule has 2 aromatic heterocycles. The van der Waals surface area contributed by atoms with E-state index in [9.17, 15) is 4.79 Å². The molecule has 1 aromatic carbocycles. The van der Waals surface area contributed by atoms with Crippen LogP contribution in [0.2, 0.25) is 0 Å². The minimum absolute atomic E-state index is 0.161. The normalized spacial score (nSPS) is 10.8. The van der Waals surface area contributed by atoms with Crippen LogP contribution < -0.4 is 5.32 Å². The molecule has 0 atom stereocenters. The molecular formula is C17H20N6O2S. The molecule has 1 N–H and O–H groups in total. The summed E-state index contributed by atoms with van der Waals surface area (Å²) in [6.07, 6.45) is 3.41. The number of carbonyl (C=O) groups excluding carboxylic acids is 1. The lowest BCUT2D eigenvalue weighted by molar-refractivity contribution is -0.113. The zero-order valence-electron chi connectivity index (χ0n) is 14.7. The summed E-state index contributed by atoms with van der Waals surface area (Å²) in [6.45, 7) is 3.97. The molecule has 3 aromatic rings. The third-order valence-corrected chi connectivity index (χ3v) is 4.58. The molecule has 0 aliphatic rings. The van der Waals surface area contributed by atoms with Crippen molar-refractivity contribution < 1.29 is 9.32 Å². The van der Waals surface area contributed by atoms with Crippen LogP contribution in [0.3, 0.4) is 0 Å². The summed E-state index contributed by atoms with van der Waals surface area (Å²) < 4.78 is 6.59. The van der Waals surface area contributed by atoms with Crippen molar-refractivity contribution in [2.24, 2.45) is 0 Å². The lowest BCUT2D eigenvalue weighted by Crippen LogP contribution is -2.14. The van der Waals surface area contributed by atoms with Crippen LogP contribution in [0.1, 0.15) is 31.0 Å². The summed E-state index contributed by atoms with van der Waals surface area (Å²) in [7, 11) is 0. The maximum atomic E-state index is 12.0. The third kappa shape index (κ3) is 4.69. The largest absolute Gasteiger partial charge is 0.338 e. The molecule has 1 amide bonds. The van der Waals surface area contributed by atoms with Crippen molar-refractivity contribution in [1.82, 2.24) is 25.4 Å². The van der Waals surface area contributed by atoms with Crippen molar-refractivity contribution >= 4 is 23.6 Å². The second kappa shape index (κ2) is 8.61. The summed E-state index contributed by atoms with van der Waals surface area (Å²) in [5, 5.41) is 18.7. The highest BCUT2D eigenvalue weighted by atomic mass is 32.2. The molecule has 0 fully saturated rings. The number of amides is 1. The molecule has 0 unspecified atom stereocenters. The van der Waals surface area contributed by atoms with E-state index in [1.807, 2.05) is 12.1 Å². The number of anilines is 1. The molecule has 0 bridgehead atoms. The van der Waals surface area contributed by atoms with Crippen molar-refractivity contribution in [3.8, 4) is 5.69 Å². The number of tetrazole rings is 1. The summed E-state index contributed by atoms with van der Waals surface area (Å²) in [5.41, 5.74) is 2.86. The fraction of sp³-hybridized carbons (Fsp3) is 0.353. The van der Waals surface area contributed by atoms with Gasteiger partial charge in [0.1, 0.15) is 0 Å². The Morgan fingerprint density at radius 2 is 2.12 bits per heavy atom. The summed E-state index contributed by atoms with van der Waals surface area (Å²) in [5.74, 6) is 0.278. The molecule has 8 nitrogen and oxygen atoms in total. The number of nitrogens with one attached hydrogen (secondary N) is 1. The molecule has 2 heterocycles. The highest BCUT2D eigenvalue weighted by Crippen LogP contribution is 2.19. The van der Waals surface area contributed by atoms with Gasteiger partial charge in [-0.25, -0.2) is 0 Å². The second-order valence-electron chi connectivity index (χ2n) is 5.81. The van der Waals surface area contributed by atoms with Crippen molar-refractivity contribution in [3.05, 3.63) is 41.6 Å². The van der Waals surface area contributed by atoms with Gasteiger partial charge in [0.2, 0.25) is 16.9 Å². The molecule has 0 aliphatic heterocycles. The van der Waals surface area contributed by atoms with E-state index in [4.69, 9.17) is 4.52 Å². The average molecular weight is 372 g/mol. The van der Waals surface area contributed by atoms with Crippen LogP contribution in [0.5, 0.6) is 0 Å². The Morgan fingerprint density at radius 1 is 1.31 bits per heavy atom. The van der Waals surface area contributed by atoms with E-state index in [2.05, 4.69) is 45.1 Å². The van der Waals surface area contributed by atoms with E-state index in [1.54, 1.807) is 17.7 Å². The van der Waals surface area contributed by atoms with Gasteiger partial charge < -0.3 is 4.52 Å². The summed E-state index contributed by atoms with van der Waals surface area (Å²) in [6, 6.07) is 9.80. The van der Waals surface area contributed by atoms with Crippen molar-refractivity contribution in [1.29, 1.82) is 0 Å². The number of rotatable bonds is 8. The van der Waals surface area contributed by atoms with Gasteiger partial charge in [0, 0.05) is 6.07 Å². The minimum atomic E-state index is -0.212. The topological polar surface area (TPSA) is 98.7 Å². The van der Waals surface area contributed by atoms with Gasteiger partial charge in [-0.2, -0.15) is 4.68 Å². The number of hydrogen-bond donors (Lipinski definition) is 1. The first kappa shape index (κ1) is 18.1. The Hall–Kier alpha value is -2.68. The van der Waals surface area contributed by atoms with E-state index in [1.165, 1.54) is 30.2 Å². The monoisotopic (exact) mass is 372 g/mol. The van der Waals surface area contributed by atoms with Gasteiger partial charge in [0.25, 0.3) is 0 Å². The van der Waals surface area contributed by atoms with Gasteiger partial charge in [-0.15, -0.1) is 5.10 Å². The quantitative estimate of drug-likeness (QED) is 0.607. The standard InChI is InChI=1S/C17H20N6O2S/c1-3-4-5-13-6-8-14(9-7-13)23-17(19-21-22-23)26-11-15(24)18-16-10-12(2)20-25-16/h6-10H,3-5,11H2,1-2H3,(H,18,24). The van der Waals surface area contributed by atoms with Crippen LogP contribution in [-0.2, 0) is 11.2 Å². The van der Waals surface area contributed by atoms with Gasteiger partial charge in [0.15, 0.2) is 0 Å². The number of aryl methyl sites for hydroxylation is 2. The number of aromatic nitrogens is 5. The molecule has 0 aliphatic carbocycles. The predicted molar refractivity (Wildman–Crippen MR) is 98.4 cm³/mol. The van der Waals surface area contributed by atoms with Gasteiger partial charge in [0.05, 0.1) is 17.1 Å². The first-order valence-corrected chi connectivity index (χ1v) is 9.38. The fourth-order valence-electron chi connectivity index (χ4n) is 2.34. The molecule has 3 rings (SSSR count). The lowest BCUT2D eigenvalue weighted by Gasteiger charge is -2.06. The highest BCUT2D eigenvalue weighted by Gasteiger charge is 2.13. The molecule has 0 spiro atoms. The number of unbranched alkanes of at least 4 members (excludes halogenated alkanes) is 1. The van der Waals surface area contributed by atoms with Crippen LogP contribution >= 0.6 is 11.8 Å². The number of hydrogen-bond acceptors (Lipinski definition) is 7. The van der Waals surface area contributed by atoms with Crippen LogP contribution in [0.4, 0.5) is 5.88 Å². The SMILES string of the molecule is CCCCc1ccc(-n2nnnc2SCC(=O)Nc2cc(C)no2)cc1. The lowest BCUT2D eigenvalue weighted by atomic mass is 10.1. The van der Waals surface area contributed by atoms with Crippen molar-refractivity contribution in [3.63, 3.8) is 0 Å². The smallest absolute Gasteiger partial charge is 0.237 e. The van der Waals surface area contributed by atoms with E-state index in [-0.39, 0.29) is 11.7 Å². The Labute approximate surface area is 155 Å². The number of carbonyl (C=O) groups is 1. The Kier molecular flexibility index (Phi) is 6.00. The van der Waals surface area contributed by atoms with Crippen LogP contribution in [-0.4, -0.2) is 37.0 Å². The van der Waals surface area contributed by atoms with Crippen molar-refractivity contribution in [2.75, 3.05) is 11.1 Å². The molecule has 9 heteroatoms. The van der Waals surface area contributed by atoms with Gasteiger partial charge in [-0.3, -0.25) is 10.1 Å². The zero-order chi connectivity index (χ0) is 18.4. The van der Waals surface area contributed by atoms with Crippen LogP contribution in [0.15, 0.2) is 40.0 Å². The maximum Gasteiger partial charge on any atom is 0.237 e. The number of nitrogens with zero attached hydrogens (tertiary/aromatic N) is 5. The maximum absolute atomic E-state index is 12.0. The fourth-order valence-corrected chi connectivity index (χ4v) is 3.03. The van der Waals surface area contributed by atoms with Crippen LogP contribution in [0.25, 0.3) is 5.69 Å². The Bertz CT molecular complexity index is 858. The average Bonchev–Trinajstić information content (AvgIpc) is 3.27. The Morgan fingerprint density at radius 3 is 2.81 bits per heavy atom. The summed E-state index contributed by atoms with van der Waals surface area (Å²) >= 11 is 1.25. The first-order valence-electron chi connectivity index (χ1n) is 8.39. The van der Waals surface area contributed by atoms with Gasteiger partial charge in [-0.1, -0.05) is 42.4 Å². The Balaban J connectivity index is 1.60. The molecule has 136 valence electrons. The minimum Gasteiger partial charge on any atom is -0.338 e. The van der Waals surface area contributed by atoms with E-state index < -0.39 is 0 Å².